The summed E-state index contributed by atoms with van der Waals surface area (Å²) in [5.74, 6) is 0. The van der Waals surface area contributed by atoms with E-state index in [1.165, 1.54) is 0 Å². The summed E-state index contributed by atoms with van der Waals surface area (Å²) in [4.78, 5) is 41.9. The van der Waals surface area contributed by atoms with Gasteiger partial charge in [-0.3, -0.25) is 0 Å². The molecule has 0 aromatic rings. The summed E-state index contributed by atoms with van der Waals surface area (Å²) in [6, 6.07) is -0.0922. The van der Waals surface area contributed by atoms with Crippen LogP contribution in [0.1, 0.15) is 51.4 Å². The zero-order valence-electron chi connectivity index (χ0n) is 12.6. The van der Waals surface area contributed by atoms with E-state index in [4.69, 9.17) is 5.73 Å². The minimum absolute atomic E-state index is 0.0288. The molecule has 0 atom stereocenters. The number of carbonyl (C=O) groups is 1. The molecule has 7 nitrogen and oxygen atoms in total. The van der Waals surface area contributed by atoms with Gasteiger partial charge in [-0.15, -0.1) is 0 Å². The molecule has 2 aliphatic rings. The number of hydrogen-bond acceptors (Lipinski definition) is 5. The quantitative estimate of drug-likeness (QED) is 0.630. The van der Waals surface area contributed by atoms with Crippen molar-refractivity contribution in [3.8, 4) is 0 Å². The van der Waals surface area contributed by atoms with E-state index in [1.54, 1.807) is 12.2 Å². The lowest BCUT2D eigenvalue weighted by molar-refractivity contribution is 0.105. The predicted octanol–water partition coefficient (Wildman–Crippen LogP) is 1.66. The average Bonchev–Trinajstić information content (AvgIpc) is 2.51. The number of nitrogens with zero attached hydrogens (tertiary/aromatic N) is 3. The van der Waals surface area contributed by atoms with Crippen molar-refractivity contribution >= 4 is 18.2 Å². The smallest absolute Gasteiger partial charge is 0.315 e. The van der Waals surface area contributed by atoms with Crippen LogP contribution in [-0.4, -0.2) is 47.3 Å². The van der Waals surface area contributed by atoms with Gasteiger partial charge in [0.1, 0.15) is 0 Å². The Kier molecular flexibility index (Phi) is 5.87. The SMILES string of the molecule is NC(=O)N([C@H]1CC[C@H](N=C=O)CC1)[C@H]1CC[C@H](N=C=O)CC1. The van der Waals surface area contributed by atoms with Crippen LogP contribution in [0.15, 0.2) is 9.98 Å². The molecule has 0 aromatic carbocycles. The van der Waals surface area contributed by atoms with Gasteiger partial charge in [0, 0.05) is 12.1 Å². The lowest BCUT2D eigenvalue weighted by atomic mass is 9.86. The highest BCUT2D eigenvalue weighted by Gasteiger charge is 2.34. The molecule has 0 spiro atoms. The number of urea groups is 1. The maximum Gasteiger partial charge on any atom is 0.315 e. The third-order valence-electron chi connectivity index (χ3n) is 4.84. The molecule has 22 heavy (non-hydrogen) atoms. The first-order valence-corrected chi connectivity index (χ1v) is 7.87. The first-order chi connectivity index (χ1) is 10.7. The predicted molar refractivity (Wildman–Crippen MR) is 79.8 cm³/mol. The molecule has 0 heterocycles. The van der Waals surface area contributed by atoms with E-state index >= 15 is 0 Å². The molecule has 0 bridgehead atoms. The van der Waals surface area contributed by atoms with Gasteiger partial charge in [-0.1, -0.05) is 0 Å². The van der Waals surface area contributed by atoms with E-state index in [2.05, 4.69) is 9.98 Å². The number of primary amides is 1. The van der Waals surface area contributed by atoms with E-state index in [9.17, 15) is 14.4 Å². The van der Waals surface area contributed by atoms with Crippen molar-refractivity contribution < 1.29 is 14.4 Å². The van der Waals surface area contributed by atoms with E-state index in [0.29, 0.717) is 0 Å². The van der Waals surface area contributed by atoms with Crippen LogP contribution in [0.2, 0.25) is 0 Å². The number of hydrogen-bond donors (Lipinski definition) is 1. The normalized spacial score (nSPS) is 31.5. The maximum atomic E-state index is 11.9. The van der Waals surface area contributed by atoms with Gasteiger partial charge in [-0.05, 0) is 51.4 Å². The van der Waals surface area contributed by atoms with E-state index < -0.39 is 0 Å². The molecule has 2 aliphatic carbocycles. The molecule has 0 saturated heterocycles. The molecule has 2 saturated carbocycles. The van der Waals surface area contributed by atoms with E-state index in [-0.39, 0.29) is 30.2 Å². The summed E-state index contributed by atoms with van der Waals surface area (Å²) < 4.78 is 0. The first kappa shape index (κ1) is 16.4. The topological polar surface area (TPSA) is 105 Å². The Morgan fingerprint density at radius 1 is 0.818 bits per heavy atom. The second-order valence-corrected chi connectivity index (χ2v) is 6.11. The molecule has 7 heteroatoms. The van der Waals surface area contributed by atoms with Crippen LogP contribution >= 0.6 is 0 Å². The zero-order chi connectivity index (χ0) is 15.9. The van der Waals surface area contributed by atoms with Gasteiger partial charge in [-0.25, -0.2) is 24.4 Å². The van der Waals surface area contributed by atoms with Crippen LogP contribution in [-0.2, 0) is 9.59 Å². The van der Waals surface area contributed by atoms with Crippen molar-refractivity contribution in [2.45, 2.75) is 75.5 Å². The minimum atomic E-state index is -0.385. The first-order valence-electron chi connectivity index (χ1n) is 7.87. The molecular formula is C15H22N4O3. The number of carbonyl (C=O) groups excluding carboxylic acids is 3. The summed E-state index contributed by atoms with van der Waals surface area (Å²) in [5, 5.41) is 0. The fourth-order valence-electron chi connectivity index (χ4n) is 3.74. The fraction of sp³-hybridized carbons (Fsp3) is 0.800. The van der Waals surface area contributed by atoms with Crippen molar-refractivity contribution in [1.29, 1.82) is 0 Å². The van der Waals surface area contributed by atoms with Gasteiger partial charge >= 0.3 is 6.03 Å². The molecule has 0 unspecified atom stereocenters. The lowest BCUT2D eigenvalue weighted by Gasteiger charge is -2.42. The van der Waals surface area contributed by atoms with E-state index in [1.807, 2.05) is 4.90 Å². The van der Waals surface area contributed by atoms with Crippen molar-refractivity contribution in [3.63, 3.8) is 0 Å². The van der Waals surface area contributed by atoms with Crippen molar-refractivity contribution in [2.24, 2.45) is 15.7 Å². The van der Waals surface area contributed by atoms with Crippen LogP contribution in [0.4, 0.5) is 4.79 Å². The Labute approximate surface area is 129 Å². The Balaban J connectivity index is 1.95. The molecule has 2 fully saturated rings. The average molecular weight is 306 g/mol. The second-order valence-electron chi connectivity index (χ2n) is 6.11. The fourth-order valence-corrected chi connectivity index (χ4v) is 3.74. The monoisotopic (exact) mass is 306 g/mol. The standard InChI is InChI=1S/C15H22N4O3/c16-15(22)19(13-5-1-11(2-6-13)17-9-20)14-7-3-12(4-8-14)18-10-21/h11-14H,1-8H2,(H2,16,22)/t11-,12-,13-,14-. The third-order valence-corrected chi connectivity index (χ3v) is 4.84. The highest BCUT2D eigenvalue weighted by Crippen LogP contribution is 2.31. The molecule has 0 aliphatic heterocycles. The Bertz CT molecular complexity index is 443. The highest BCUT2D eigenvalue weighted by molar-refractivity contribution is 5.72. The van der Waals surface area contributed by atoms with Gasteiger partial charge in [0.2, 0.25) is 12.2 Å². The summed E-state index contributed by atoms with van der Waals surface area (Å²) in [7, 11) is 0. The number of isocyanates is 2. The second kappa shape index (κ2) is 7.87. The van der Waals surface area contributed by atoms with Gasteiger partial charge in [0.15, 0.2) is 0 Å². The van der Waals surface area contributed by atoms with Crippen LogP contribution < -0.4 is 5.73 Å². The summed E-state index contributed by atoms with van der Waals surface area (Å²) >= 11 is 0. The summed E-state index contributed by atoms with van der Waals surface area (Å²) in [6.07, 6.45) is 9.61. The molecular weight excluding hydrogens is 284 g/mol. The van der Waals surface area contributed by atoms with E-state index in [0.717, 1.165) is 51.4 Å². The number of nitrogens with two attached hydrogens (primary N) is 1. The summed E-state index contributed by atoms with van der Waals surface area (Å²) in [5.41, 5.74) is 5.60. The molecule has 0 aromatic heterocycles. The van der Waals surface area contributed by atoms with Crippen LogP contribution in [0, 0.1) is 0 Å². The van der Waals surface area contributed by atoms with Crippen LogP contribution in [0.5, 0.6) is 0 Å². The molecule has 0 radical (unpaired) electrons. The third kappa shape index (κ3) is 4.03. The van der Waals surface area contributed by atoms with Crippen molar-refractivity contribution in [3.05, 3.63) is 0 Å². The Hall–Kier alpha value is -1.97. The largest absolute Gasteiger partial charge is 0.351 e. The van der Waals surface area contributed by atoms with Gasteiger partial charge in [0.05, 0.1) is 12.1 Å². The number of aliphatic imine (C=N–C) groups is 2. The van der Waals surface area contributed by atoms with Crippen LogP contribution in [0.25, 0.3) is 0 Å². The molecule has 120 valence electrons. The van der Waals surface area contributed by atoms with Gasteiger partial charge < -0.3 is 10.6 Å². The lowest BCUT2D eigenvalue weighted by Crippen LogP contribution is -2.52. The number of amides is 2. The maximum absolute atomic E-state index is 11.9. The van der Waals surface area contributed by atoms with Crippen LogP contribution in [0.3, 0.4) is 0 Å². The van der Waals surface area contributed by atoms with Gasteiger partial charge in [0.25, 0.3) is 0 Å². The molecule has 2 N–H and O–H groups in total. The zero-order valence-corrected chi connectivity index (χ0v) is 12.6. The van der Waals surface area contributed by atoms with Gasteiger partial charge in [-0.2, -0.15) is 0 Å². The molecule has 2 rings (SSSR count). The number of rotatable bonds is 4. The molecule has 2 amide bonds. The Morgan fingerprint density at radius 3 is 1.45 bits per heavy atom. The van der Waals surface area contributed by atoms with Crippen molar-refractivity contribution in [2.75, 3.05) is 0 Å². The Morgan fingerprint density at radius 2 is 1.18 bits per heavy atom. The summed E-state index contributed by atoms with van der Waals surface area (Å²) in [6.45, 7) is 0. The minimum Gasteiger partial charge on any atom is -0.351 e. The van der Waals surface area contributed by atoms with Crippen molar-refractivity contribution in [1.82, 2.24) is 4.90 Å². The highest BCUT2D eigenvalue weighted by atomic mass is 16.2.